The van der Waals surface area contributed by atoms with Crippen LogP contribution in [0, 0.1) is 0 Å². The van der Waals surface area contributed by atoms with Gasteiger partial charge in [-0.2, -0.15) is 15.4 Å². The van der Waals surface area contributed by atoms with Gasteiger partial charge in [-0.15, -0.1) is 0 Å². The lowest BCUT2D eigenvalue weighted by Gasteiger charge is -2.05. The van der Waals surface area contributed by atoms with Gasteiger partial charge in [0, 0.05) is 0 Å². The Bertz CT molecular complexity index is 750. The van der Waals surface area contributed by atoms with Gasteiger partial charge in [0.2, 0.25) is 0 Å². The molecular weight excluding hydrogens is 258 g/mol. The normalized spacial score (nSPS) is 10.4. The fourth-order valence-electron chi connectivity index (χ4n) is 1.78. The van der Waals surface area contributed by atoms with E-state index in [1.54, 1.807) is 49.6 Å². The highest BCUT2D eigenvalue weighted by molar-refractivity contribution is 5.94. The van der Waals surface area contributed by atoms with E-state index in [4.69, 9.17) is 9.47 Å². The van der Waals surface area contributed by atoms with Crippen LogP contribution in [0.3, 0.4) is 0 Å². The van der Waals surface area contributed by atoms with Crippen LogP contribution in [0.5, 0.6) is 11.5 Å². The topological polar surface area (TPSA) is 77.1 Å². The van der Waals surface area contributed by atoms with E-state index >= 15 is 0 Å². The van der Waals surface area contributed by atoms with Crippen LogP contribution in [0.4, 0.5) is 0 Å². The summed E-state index contributed by atoms with van der Waals surface area (Å²) in [6.45, 7) is 0. The summed E-state index contributed by atoms with van der Waals surface area (Å²) in [5.74, 6) is 0.713. The standard InChI is InChI=1S/C14H11N3O3/c1-19-10-3-5-11(6-4-10)20-14(18)9-2-7-12-13(8-9)16-17-15-12/h2-8H,1H3,(H,15,16,17). The monoisotopic (exact) mass is 269 g/mol. The van der Waals surface area contributed by atoms with Gasteiger partial charge in [0.25, 0.3) is 0 Å². The highest BCUT2D eigenvalue weighted by Crippen LogP contribution is 2.19. The van der Waals surface area contributed by atoms with Gasteiger partial charge in [0.1, 0.15) is 22.5 Å². The molecule has 0 saturated carbocycles. The third kappa shape index (κ3) is 2.31. The number of esters is 1. The number of carbonyl (C=O) groups excluding carboxylic acids is 1. The molecule has 0 unspecified atom stereocenters. The molecule has 3 rings (SSSR count). The molecule has 1 heterocycles. The number of fused-ring (bicyclic) bond motifs is 1. The molecule has 0 atom stereocenters. The summed E-state index contributed by atoms with van der Waals surface area (Å²) in [7, 11) is 1.58. The molecule has 0 bridgehead atoms. The molecule has 1 aromatic heterocycles. The highest BCUT2D eigenvalue weighted by atomic mass is 16.5. The summed E-state index contributed by atoms with van der Waals surface area (Å²) < 4.78 is 10.3. The molecule has 0 spiro atoms. The largest absolute Gasteiger partial charge is 0.497 e. The molecule has 0 saturated heterocycles. The van der Waals surface area contributed by atoms with Crippen LogP contribution < -0.4 is 9.47 Å². The first kappa shape index (κ1) is 12.2. The van der Waals surface area contributed by atoms with E-state index in [0.717, 1.165) is 0 Å². The lowest BCUT2D eigenvalue weighted by molar-refractivity contribution is 0.0735. The molecule has 0 fully saturated rings. The zero-order chi connectivity index (χ0) is 13.9. The van der Waals surface area contributed by atoms with Crippen molar-refractivity contribution in [3.8, 4) is 11.5 Å². The predicted molar refractivity (Wildman–Crippen MR) is 71.8 cm³/mol. The second kappa shape index (κ2) is 5.00. The first-order chi connectivity index (χ1) is 9.76. The number of nitrogens with one attached hydrogen (secondary N) is 1. The summed E-state index contributed by atoms with van der Waals surface area (Å²) >= 11 is 0. The summed E-state index contributed by atoms with van der Waals surface area (Å²) in [5.41, 5.74) is 1.74. The van der Waals surface area contributed by atoms with Crippen molar-refractivity contribution in [2.75, 3.05) is 7.11 Å². The minimum atomic E-state index is -0.444. The van der Waals surface area contributed by atoms with Crippen molar-refractivity contribution < 1.29 is 14.3 Å². The van der Waals surface area contributed by atoms with Crippen molar-refractivity contribution in [2.24, 2.45) is 0 Å². The maximum absolute atomic E-state index is 12.0. The molecule has 2 aromatic carbocycles. The molecule has 100 valence electrons. The highest BCUT2D eigenvalue weighted by Gasteiger charge is 2.10. The summed E-state index contributed by atoms with van der Waals surface area (Å²) in [6, 6.07) is 11.8. The van der Waals surface area contributed by atoms with E-state index in [-0.39, 0.29) is 0 Å². The molecule has 1 N–H and O–H groups in total. The second-order valence-corrected chi connectivity index (χ2v) is 4.09. The SMILES string of the molecule is COc1ccc(OC(=O)c2ccc3n[nH]nc3c2)cc1. The van der Waals surface area contributed by atoms with Crippen molar-refractivity contribution in [2.45, 2.75) is 0 Å². The van der Waals surface area contributed by atoms with Gasteiger partial charge in [0.05, 0.1) is 12.7 Å². The minimum Gasteiger partial charge on any atom is -0.497 e. The van der Waals surface area contributed by atoms with Crippen molar-refractivity contribution in [1.29, 1.82) is 0 Å². The van der Waals surface area contributed by atoms with Crippen LogP contribution in [0.2, 0.25) is 0 Å². The number of hydrogen-bond donors (Lipinski definition) is 1. The van der Waals surface area contributed by atoms with Crippen LogP contribution in [-0.2, 0) is 0 Å². The van der Waals surface area contributed by atoms with Gasteiger partial charge in [-0.1, -0.05) is 0 Å². The van der Waals surface area contributed by atoms with Crippen molar-refractivity contribution in [3.63, 3.8) is 0 Å². The van der Waals surface area contributed by atoms with Gasteiger partial charge in [0.15, 0.2) is 0 Å². The molecule has 3 aromatic rings. The van der Waals surface area contributed by atoms with Crippen LogP contribution in [0.1, 0.15) is 10.4 Å². The Morgan fingerprint density at radius 2 is 1.70 bits per heavy atom. The van der Waals surface area contributed by atoms with Gasteiger partial charge in [-0.25, -0.2) is 4.79 Å². The molecule has 0 aliphatic carbocycles. The smallest absolute Gasteiger partial charge is 0.343 e. The lowest BCUT2D eigenvalue weighted by atomic mass is 10.2. The van der Waals surface area contributed by atoms with Gasteiger partial charge in [-0.05, 0) is 42.5 Å². The number of rotatable bonds is 3. The lowest BCUT2D eigenvalue weighted by Crippen LogP contribution is -2.08. The van der Waals surface area contributed by atoms with E-state index in [2.05, 4.69) is 15.4 Å². The summed E-state index contributed by atoms with van der Waals surface area (Å²) in [5, 5.41) is 10.4. The van der Waals surface area contributed by atoms with E-state index in [9.17, 15) is 4.79 Å². The molecule has 0 aliphatic rings. The number of hydrogen-bond acceptors (Lipinski definition) is 5. The van der Waals surface area contributed by atoms with E-state index in [1.807, 2.05) is 0 Å². The van der Waals surface area contributed by atoms with Crippen LogP contribution >= 0.6 is 0 Å². The second-order valence-electron chi connectivity index (χ2n) is 4.09. The molecule has 0 radical (unpaired) electrons. The first-order valence-corrected chi connectivity index (χ1v) is 5.93. The molecular formula is C14H11N3O3. The van der Waals surface area contributed by atoms with Crippen LogP contribution in [0.25, 0.3) is 11.0 Å². The van der Waals surface area contributed by atoms with E-state index in [1.165, 1.54) is 0 Å². The quantitative estimate of drug-likeness (QED) is 0.582. The molecule has 20 heavy (non-hydrogen) atoms. The van der Waals surface area contributed by atoms with Gasteiger partial charge in [-0.3, -0.25) is 0 Å². The Morgan fingerprint density at radius 3 is 2.45 bits per heavy atom. The van der Waals surface area contributed by atoms with Crippen molar-refractivity contribution in [3.05, 3.63) is 48.0 Å². The number of carbonyl (C=O) groups is 1. The van der Waals surface area contributed by atoms with Crippen molar-refractivity contribution in [1.82, 2.24) is 15.4 Å². The maximum Gasteiger partial charge on any atom is 0.343 e. The van der Waals surface area contributed by atoms with E-state index in [0.29, 0.717) is 28.1 Å². The number of ether oxygens (including phenoxy) is 2. The summed E-state index contributed by atoms with van der Waals surface area (Å²) in [6.07, 6.45) is 0. The number of H-pyrrole nitrogens is 1. The average Bonchev–Trinajstić information content (AvgIpc) is 2.95. The Morgan fingerprint density at radius 1 is 1.00 bits per heavy atom. The predicted octanol–water partition coefficient (Wildman–Crippen LogP) is 2.19. The Balaban J connectivity index is 1.80. The third-order valence-electron chi connectivity index (χ3n) is 2.82. The first-order valence-electron chi connectivity index (χ1n) is 5.93. The minimum absolute atomic E-state index is 0.419. The van der Waals surface area contributed by atoms with Crippen molar-refractivity contribution >= 4 is 17.0 Å². The fraction of sp³-hybridized carbons (Fsp3) is 0.0714. The van der Waals surface area contributed by atoms with Crippen LogP contribution in [-0.4, -0.2) is 28.5 Å². The summed E-state index contributed by atoms with van der Waals surface area (Å²) in [4.78, 5) is 12.0. The molecule has 6 nitrogen and oxygen atoms in total. The molecule has 0 amide bonds. The average molecular weight is 269 g/mol. The number of nitrogens with zero attached hydrogens (tertiary/aromatic N) is 2. The van der Waals surface area contributed by atoms with Crippen LogP contribution in [0.15, 0.2) is 42.5 Å². The zero-order valence-corrected chi connectivity index (χ0v) is 10.7. The zero-order valence-electron chi connectivity index (χ0n) is 10.7. The van der Waals surface area contributed by atoms with Gasteiger partial charge < -0.3 is 9.47 Å². The fourth-order valence-corrected chi connectivity index (χ4v) is 1.78. The Hall–Kier alpha value is -2.89. The Kier molecular flexibility index (Phi) is 3.04. The maximum atomic E-state index is 12.0. The number of aromatic amines is 1. The van der Waals surface area contributed by atoms with Gasteiger partial charge >= 0.3 is 5.97 Å². The number of aromatic nitrogens is 3. The van der Waals surface area contributed by atoms with E-state index < -0.39 is 5.97 Å². The molecule has 6 heteroatoms. The third-order valence-corrected chi connectivity index (χ3v) is 2.82. The number of methoxy groups -OCH3 is 1. The molecule has 0 aliphatic heterocycles. The number of benzene rings is 2. The Labute approximate surface area is 114 Å².